The molecule has 1 aromatic heterocycles. The maximum Gasteiger partial charge on any atom is 0.416 e. The van der Waals surface area contributed by atoms with Gasteiger partial charge < -0.3 is 20.5 Å². The van der Waals surface area contributed by atoms with Gasteiger partial charge in [0.15, 0.2) is 0 Å². The van der Waals surface area contributed by atoms with E-state index >= 15 is 0 Å². The molecule has 0 spiro atoms. The zero-order valence-electron chi connectivity index (χ0n) is 21.3. The minimum atomic E-state index is -4.55. The van der Waals surface area contributed by atoms with Gasteiger partial charge in [0.2, 0.25) is 12.1 Å². The van der Waals surface area contributed by atoms with Crippen LogP contribution in [0.2, 0.25) is 0 Å². The first kappa shape index (κ1) is 27.6. The second kappa shape index (κ2) is 11.2. The molecule has 0 unspecified atom stereocenters. The highest BCUT2D eigenvalue weighted by Gasteiger charge is 2.41. The number of halogens is 3. The molecule has 1 aliphatic heterocycles. The number of hydrogen-bond donors (Lipinski definition) is 3. The third kappa shape index (κ3) is 6.18. The van der Waals surface area contributed by atoms with Crippen molar-refractivity contribution in [1.29, 1.82) is 0 Å². The van der Waals surface area contributed by atoms with E-state index in [1.807, 2.05) is 6.07 Å². The number of ether oxygens (including phenoxy) is 1. The topological polar surface area (TPSA) is 104 Å². The van der Waals surface area contributed by atoms with Crippen LogP contribution in [0.4, 0.5) is 13.2 Å². The van der Waals surface area contributed by atoms with Crippen LogP contribution in [0.25, 0.3) is 0 Å². The average molecular weight is 538 g/mol. The maximum atomic E-state index is 12.8. The van der Waals surface area contributed by atoms with E-state index in [1.165, 1.54) is 17.9 Å². The fourth-order valence-corrected chi connectivity index (χ4v) is 5.06. The van der Waals surface area contributed by atoms with Crippen molar-refractivity contribution in [3.05, 3.63) is 59.3 Å². The van der Waals surface area contributed by atoms with Gasteiger partial charge in [0.1, 0.15) is 7.11 Å². The van der Waals surface area contributed by atoms with Crippen molar-refractivity contribution in [1.82, 2.24) is 15.5 Å². The lowest BCUT2D eigenvalue weighted by Gasteiger charge is -2.48. The summed E-state index contributed by atoms with van der Waals surface area (Å²) in [6, 6.07) is 7.87. The van der Waals surface area contributed by atoms with Crippen molar-refractivity contribution in [3.63, 3.8) is 0 Å². The summed E-state index contributed by atoms with van der Waals surface area (Å²) in [5.41, 5.74) is -1.28. The summed E-state index contributed by atoms with van der Waals surface area (Å²) < 4.78 is 45.3. The summed E-state index contributed by atoms with van der Waals surface area (Å²) in [4.78, 5) is 32.0. The van der Waals surface area contributed by atoms with Gasteiger partial charge in [0, 0.05) is 29.4 Å². The molecule has 0 atom stereocenters. The molecular weight excluding hydrogens is 505 g/mol. The van der Waals surface area contributed by atoms with E-state index in [4.69, 9.17) is 9.57 Å². The minimum Gasteiger partial charge on any atom is -0.445 e. The molecule has 0 radical (unpaired) electrons. The zero-order chi connectivity index (χ0) is 27.5. The summed E-state index contributed by atoms with van der Waals surface area (Å²) in [6.07, 6.45) is -0.0543. The monoisotopic (exact) mass is 537 g/mol. The minimum absolute atomic E-state index is 0.0731. The van der Waals surface area contributed by atoms with Crippen molar-refractivity contribution in [2.24, 2.45) is 0 Å². The van der Waals surface area contributed by atoms with Crippen LogP contribution in [0.1, 0.15) is 47.2 Å². The van der Waals surface area contributed by atoms with Crippen molar-refractivity contribution in [2.45, 2.75) is 49.5 Å². The van der Waals surface area contributed by atoms with Gasteiger partial charge in [-0.05, 0) is 49.9 Å². The lowest BCUT2D eigenvalue weighted by molar-refractivity contribution is -0.887. The Kier molecular flexibility index (Phi) is 8.12. The van der Waals surface area contributed by atoms with Crippen LogP contribution >= 0.6 is 0 Å². The molecule has 2 amide bonds. The maximum absolute atomic E-state index is 12.8. The van der Waals surface area contributed by atoms with Crippen molar-refractivity contribution < 1.29 is 42.2 Å². The molecule has 9 nitrogen and oxygen atoms in total. The van der Waals surface area contributed by atoms with Crippen LogP contribution in [-0.2, 0) is 16.6 Å². The van der Waals surface area contributed by atoms with E-state index in [0.29, 0.717) is 31.8 Å². The molecule has 2 heterocycles. The Hall–Kier alpha value is -3.38. The number of nitrogens with zero attached hydrogens (tertiary/aromatic N) is 2. The molecule has 1 saturated carbocycles. The smallest absolute Gasteiger partial charge is 0.416 e. The number of rotatable bonds is 8. The van der Waals surface area contributed by atoms with Gasteiger partial charge in [-0.2, -0.15) is 13.2 Å². The van der Waals surface area contributed by atoms with Gasteiger partial charge in [0.25, 0.3) is 5.91 Å². The SMILES string of the molecule is COc1ccc(C2(O)CCC(N3CC(NC(=O)CNC(=O)c4cccc(C(F)(F)F)c4)C3)CC2)c[n+]1OC. The van der Waals surface area contributed by atoms with E-state index in [0.717, 1.165) is 36.6 Å². The molecule has 206 valence electrons. The first-order valence-electron chi connectivity index (χ1n) is 12.4. The number of pyridine rings is 1. The highest BCUT2D eigenvalue weighted by Crippen LogP contribution is 2.39. The molecule has 3 N–H and O–H groups in total. The van der Waals surface area contributed by atoms with Crippen LogP contribution in [0.5, 0.6) is 5.88 Å². The number of carbonyl (C=O) groups is 2. The Balaban J connectivity index is 1.20. The summed E-state index contributed by atoms with van der Waals surface area (Å²) in [5, 5.41) is 16.5. The number of aliphatic hydroxyl groups is 1. The lowest BCUT2D eigenvalue weighted by atomic mass is 9.77. The average Bonchev–Trinajstić information content (AvgIpc) is 2.89. The first-order valence-corrected chi connectivity index (χ1v) is 12.4. The third-order valence-corrected chi connectivity index (χ3v) is 7.26. The predicted molar refractivity (Wildman–Crippen MR) is 129 cm³/mol. The standard InChI is InChI=1S/C26H31F3N4O5/c1-37-23-7-6-19(14-33(23)38-2)25(36)10-8-21(9-11-25)32-15-20(16-32)31-22(34)13-30-24(35)17-4-3-5-18(12-17)26(27,28)29/h3-7,12,14,20-21,36H,8-11,13,15-16H2,1-2H3,(H-,30,31,34,35)/p+1. The molecule has 2 aliphatic rings. The van der Waals surface area contributed by atoms with Crippen LogP contribution in [0, 0.1) is 0 Å². The Morgan fingerprint density at radius 3 is 2.50 bits per heavy atom. The molecule has 1 aromatic carbocycles. The molecule has 4 rings (SSSR count). The largest absolute Gasteiger partial charge is 0.445 e. The lowest BCUT2D eigenvalue weighted by Crippen LogP contribution is -2.63. The second-order valence-electron chi connectivity index (χ2n) is 9.71. The number of alkyl halides is 3. The number of carbonyl (C=O) groups excluding carboxylic acids is 2. The van der Waals surface area contributed by atoms with Crippen molar-refractivity contribution in [3.8, 4) is 5.88 Å². The van der Waals surface area contributed by atoms with Crippen LogP contribution in [0.15, 0.2) is 42.6 Å². The van der Waals surface area contributed by atoms with Gasteiger partial charge in [-0.15, -0.1) is 0 Å². The molecule has 2 aromatic rings. The molecule has 12 heteroatoms. The normalized spacial score (nSPS) is 22.3. The van der Waals surface area contributed by atoms with Gasteiger partial charge in [-0.25, -0.2) is 0 Å². The highest BCUT2D eigenvalue weighted by atomic mass is 19.4. The summed E-state index contributed by atoms with van der Waals surface area (Å²) in [6.45, 7) is 0.983. The molecule has 1 aliphatic carbocycles. The molecule has 0 bridgehead atoms. The van der Waals surface area contributed by atoms with Gasteiger partial charge in [-0.3, -0.25) is 19.3 Å². The number of nitrogens with one attached hydrogen (secondary N) is 2. The Bertz CT molecular complexity index is 1160. The van der Waals surface area contributed by atoms with E-state index in [-0.39, 0.29) is 24.2 Å². The van der Waals surface area contributed by atoms with Crippen LogP contribution < -0.4 is 24.9 Å². The highest BCUT2D eigenvalue weighted by molar-refractivity contribution is 5.96. The van der Waals surface area contributed by atoms with E-state index in [2.05, 4.69) is 15.5 Å². The first-order chi connectivity index (χ1) is 18.0. The number of aromatic nitrogens is 1. The third-order valence-electron chi connectivity index (χ3n) is 7.26. The number of hydrogen-bond acceptors (Lipinski definition) is 6. The number of methoxy groups -OCH3 is 1. The summed E-state index contributed by atoms with van der Waals surface area (Å²) in [5.74, 6) is -0.625. The molecule has 38 heavy (non-hydrogen) atoms. The molecular formula is C26H32F3N4O5+. The number of likely N-dealkylation sites (tertiary alicyclic amines) is 1. The summed E-state index contributed by atoms with van der Waals surface area (Å²) >= 11 is 0. The zero-order valence-corrected chi connectivity index (χ0v) is 21.3. The fourth-order valence-electron chi connectivity index (χ4n) is 5.06. The van der Waals surface area contributed by atoms with Gasteiger partial charge in [0.05, 0.1) is 42.5 Å². The second-order valence-corrected chi connectivity index (χ2v) is 9.71. The van der Waals surface area contributed by atoms with Crippen molar-refractivity contribution in [2.75, 3.05) is 33.9 Å². The molecule has 2 fully saturated rings. The fraction of sp³-hybridized carbons (Fsp3) is 0.500. The Labute approximate surface area is 218 Å². The Morgan fingerprint density at radius 1 is 1.16 bits per heavy atom. The summed E-state index contributed by atoms with van der Waals surface area (Å²) in [7, 11) is 3.07. The van der Waals surface area contributed by atoms with Gasteiger partial charge >= 0.3 is 12.1 Å². The van der Waals surface area contributed by atoms with E-state index in [1.54, 1.807) is 19.4 Å². The molecule has 1 saturated heterocycles. The predicted octanol–water partition coefficient (Wildman–Crippen LogP) is 1.42. The number of amides is 2. The van der Waals surface area contributed by atoms with Crippen LogP contribution in [-0.4, -0.2) is 67.8 Å². The van der Waals surface area contributed by atoms with Crippen LogP contribution in [0.3, 0.4) is 0 Å². The van der Waals surface area contributed by atoms with E-state index < -0.39 is 29.2 Å². The van der Waals surface area contributed by atoms with Crippen molar-refractivity contribution >= 4 is 11.8 Å². The quantitative estimate of drug-likeness (QED) is 0.441. The van der Waals surface area contributed by atoms with E-state index in [9.17, 15) is 27.9 Å². The Morgan fingerprint density at radius 2 is 1.87 bits per heavy atom. The van der Waals surface area contributed by atoms with Gasteiger partial charge in [-0.1, -0.05) is 6.07 Å². The number of benzene rings is 1.